The highest BCUT2D eigenvalue weighted by Crippen LogP contribution is 2.38. The second-order valence-electron chi connectivity index (χ2n) is 10.0. The van der Waals surface area contributed by atoms with Gasteiger partial charge in [0.05, 0.1) is 12.8 Å². The molecule has 3 heterocycles. The van der Waals surface area contributed by atoms with Crippen LogP contribution in [0.25, 0.3) is 21.1 Å². The average molecular weight is 606 g/mol. The molecular weight excluding hydrogens is 571 g/mol. The number of anilines is 3. The maximum atomic E-state index is 12.8. The minimum absolute atomic E-state index is 0.232. The molecule has 1 fully saturated rings. The van der Waals surface area contributed by atoms with E-state index < -0.39 is 0 Å². The Bertz CT molecular complexity index is 1510. The topological polar surface area (TPSA) is 134 Å². The van der Waals surface area contributed by atoms with Crippen LogP contribution in [0.15, 0.2) is 53.9 Å². The molecule has 0 saturated carbocycles. The lowest BCUT2D eigenvalue weighted by Gasteiger charge is -2.19. The molecule has 5 rings (SSSR count). The third-order valence-electron chi connectivity index (χ3n) is 6.96. The van der Waals surface area contributed by atoms with Gasteiger partial charge in [0, 0.05) is 28.7 Å². The number of amides is 3. The molecule has 1 aliphatic heterocycles. The van der Waals surface area contributed by atoms with E-state index in [0.717, 1.165) is 37.3 Å². The van der Waals surface area contributed by atoms with Gasteiger partial charge in [-0.25, -0.2) is 14.8 Å². The first-order valence-electron chi connectivity index (χ1n) is 14.0. The standard InChI is InChI=1S/C30H35N7O3S2/c1-40-23-12-7-10-21(18-23)27(38)33-22-11-6-9-20(17-22)24-19-41-28(34-24)25-26(31)35-30(42-25)36-29(39)32-13-8-16-37-14-4-2-3-5-15-37/h6-7,9-12,17-19H,2-5,8,13-16,31H2,1H3,(H,33,38)(H2,32,35,36,39). The van der Waals surface area contributed by atoms with Gasteiger partial charge in [0.15, 0.2) is 5.13 Å². The van der Waals surface area contributed by atoms with Gasteiger partial charge in [0.25, 0.3) is 5.91 Å². The molecule has 42 heavy (non-hydrogen) atoms. The Hall–Kier alpha value is -4.00. The second kappa shape index (κ2) is 14.3. The quantitative estimate of drug-likeness (QED) is 0.159. The zero-order valence-electron chi connectivity index (χ0n) is 23.5. The van der Waals surface area contributed by atoms with Gasteiger partial charge in [-0.2, -0.15) is 0 Å². The molecule has 0 atom stereocenters. The van der Waals surface area contributed by atoms with Crippen molar-refractivity contribution in [3.8, 4) is 26.9 Å². The van der Waals surface area contributed by atoms with Crippen LogP contribution in [0.2, 0.25) is 0 Å². The van der Waals surface area contributed by atoms with Crippen LogP contribution in [0, 0.1) is 0 Å². The average Bonchev–Trinajstić information content (AvgIpc) is 3.53. The van der Waals surface area contributed by atoms with Crippen molar-refractivity contribution in [2.75, 3.05) is 49.7 Å². The van der Waals surface area contributed by atoms with Crippen LogP contribution in [-0.4, -0.2) is 60.1 Å². The van der Waals surface area contributed by atoms with Gasteiger partial charge < -0.3 is 26.0 Å². The minimum Gasteiger partial charge on any atom is -0.497 e. The molecule has 3 amide bonds. The van der Waals surface area contributed by atoms with Crippen LogP contribution in [0.1, 0.15) is 42.5 Å². The van der Waals surface area contributed by atoms with Gasteiger partial charge in [-0.3, -0.25) is 10.1 Å². The maximum Gasteiger partial charge on any atom is 0.321 e. The summed E-state index contributed by atoms with van der Waals surface area (Å²) in [6.07, 6.45) is 6.07. The lowest BCUT2D eigenvalue weighted by molar-refractivity contribution is 0.102. The summed E-state index contributed by atoms with van der Waals surface area (Å²) in [6.45, 7) is 3.90. The number of likely N-dealkylation sites (tertiary alicyclic amines) is 1. The number of methoxy groups -OCH3 is 1. The summed E-state index contributed by atoms with van der Waals surface area (Å²) in [5, 5.41) is 11.7. The summed E-state index contributed by atoms with van der Waals surface area (Å²) in [4.78, 5) is 37.5. The fourth-order valence-corrected chi connectivity index (χ4v) is 6.59. The lowest BCUT2D eigenvalue weighted by Crippen LogP contribution is -2.32. The minimum atomic E-state index is -0.293. The first kappa shape index (κ1) is 29.5. The smallest absolute Gasteiger partial charge is 0.321 e. The number of hydrogen-bond acceptors (Lipinski definition) is 9. The van der Waals surface area contributed by atoms with Gasteiger partial charge in [0.1, 0.15) is 21.5 Å². The van der Waals surface area contributed by atoms with Crippen LogP contribution in [0.4, 0.5) is 21.4 Å². The third-order valence-corrected chi connectivity index (χ3v) is 8.94. The Balaban J connectivity index is 1.16. The number of thiazole rings is 2. The number of nitrogen functional groups attached to an aromatic ring is 1. The van der Waals surface area contributed by atoms with E-state index in [0.29, 0.717) is 44.4 Å². The Morgan fingerprint density at radius 1 is 1.02 bits per heavy atom. The van der Waals surface area contributed by atoms with Gasteiger partial charge in [-0.05, 0) is 69.2 Å². The van der Waals surface area contributed by atoms with Crippen molar-refractivity contribution < 1.29 is 14.3 Å². The van der Waals surface area contributed by atoms with Crippen LogP contribution in [0.3, 0.4) is 0 Å². The molecule has 0 bridgehead atoms. The maximum absolute atomic E-state index is 12.8. The molecule has 0 spiro atoms. The van der Waals surface area contributed by atoms with Crippen molar-refractivity contribution in [2.24, 2.45) is 0 Å². The number of benzene rings is 2. The van der Waals surface area contributed by atoms with E-state index in [1.165, 1.54) is 48.4 Å². The molecule has 2 aromatic heterocycles. The van der Waals surface area contributed by atoms with Crippen LogP contribution in [0.5, 0.6) is 5.75 Å². The summed E-state index contributed by atoms with van der Waals surface area (Å²) in [5.74, 6) is 0.701. The van der Waals surface area contributed by atoms with Gasteiger partial charge in [-0.1, -0.05) is 42.4 Å². The number of nitrogens with zero attached hydrogens (tertiary/aromatic N) is 3. The van der Waals surface area contributed by atoms with E-state index in [1.807, 2.05) is 29.6 Å². The van der Waals surface area contributed by atoms with Crippen LogP contribution < -0.4 is 26.4 Å². The van der Waals surface area contributed by atoms with Gasteiger partial charge >= 0.3 is 6.03 Å². The van der Waals surface area contributed by atoms with E-state index in [-0.39, 0.29) is 11.9 Å². The number of carbonyl (C=O) groups excluding carboxylic acids is 2. The second-order valence-corrected chi connectivity index (χ2v) is 11.9. The fourth-order valence-electron chi connectivity index (χ4n) is 4.78. The van der Waals surface area contributed by atoms with Crippen molar-refractivity contribution in [1.82, 2.24) is 20.2 Å². The number of carbonyl (C=O) groups is 2. The fraction of sp³-hybridized carbons (Fsp3) is 0.333. The van der Waals surface area contributed by atoms with Crippen molar-refractivity contribution in [3.63, 3.8) is 0 Å². The summed E-state index contributed by atoms with van der Waals surface area (Å²) in [6, 6.07) is 14.2. The zero-order valence-corrected chi connectivity index (χ0v) is 25.2. The van der Waals surface area contributed by atoms with Crippen molar-refractivity contribution in [2.45, 2.75) is 32.1 Å². The number of ether oxygens (including phenoxy) is 1. The van der Waals surface area contributed by atoms with E-state index in [4.69, 9.17) is 15.5 Å². The highest BCUT2D eigenvalue weighted by molar-refractivity contribution is 7.23. The third kappa shape index (κ3) is 7.84. The molecule has 10 nitrogen and oxygen atoms in total. The van der Waals surface area contributed by atoms with Crippen molar-refractivity contribution >= 4 is 51.2 Å². The highest BCUT2D eigenvalue weighted by atomic mass is 32.1. The lowest BCUT2D eigenvalue weighted by atomic mass is 10.1. The molecule has 220 valence electrons. The molecule has 1 aliphatic rings. The summed E-state index contributed by atoms with van der Waals surface area (Å²) in [5.41, 5.74) is 8.95. The molecule has 0 unspecified atom stereocenters. The van der Waals surface area contributed by atoms with E-state index >= 15 is 0 Å². The predicted molar refractivity (Wildman–Crippen MR) is 171 cm³/mol. The Kier molecular flexibility index (Phi) is 10.0. The van der Waals surface area contributed by atoms with Crippen LogP contribution in [-0.2, 0) is 0 Å². The number of nitrogens with one attached hydrogen (secondary N) is 3. The molecule has 0 aliphatic carbocycles. The normalized spacial score (nSPS) is 13.7. The van der Waals surface area contributed by atoms with E-state index in [9.17, 15) is 9.59 Å². The largest absolute Gasteiger partial charge is 0.497 e. The number of aromatic nitrogens is 2. The summed E-state index contributed by atoms with van der Waals surface area (Å²) in [7, 11) is 1.57. The Morgan fingerprint density at radius 3 is 2.64 bits per heavy atom. The number of rotatable bonds is 10. The number of urea groups is 1. The summed E-state index contributed by atoms with van der Waals surface area (Å²) < 4.78 is 5.22. The molecule has 5 N–H and O–H groups in total. The van der Waals surface area contributed by atoms with Crippen LogP contribution >= 0.6 is 22.7 Å². The SMILES string of the molecule is COc1cccc(C(=O)Nc2cccc(-c3csc(-c4sc(NC(=O)NCCCN5CCCCCC5)nc4N)n3)c2)c1. The van der Waals surface area contributed by atoms with Gasteiger partial charge in [0.2, 0.25) is 0 Å². The van der Waals surface area contributed by atoms with Gasteiger partial charge in [-0.15, -0.1) is 11.3 Å². The molecule has 12 heteroatoms. The molecule has 4 aromatic rings. The van der Waals surface area contributed by atoms with E-state index in [1.54, 1.807) is 31.4 Å². The number of hydrogen-bond donors (Lipinski definition) is 4. The summed E-state index contributed by atoms with van der Waals surface area (Å²) >= 11 is 2.73. The first-order chi connectivity index (χ1) is 20.5. The zero-order chi connectivity index (χ0) is 29.3. The predicted octanol–water partition coefficient (Wildman–Crippen LogP) is 6.16. The first-order valence-corrected chi connectivity index (χ1v) is 15.7. The molecule has 1 saturated heterocycles. The molecule has 0 radical (unpaired) electrons. The Morgan fingerprint density at radius 2 is 1.83 bits per heavy atom. The highest BCUT2D eigenvalue weighted by Gasteiger charge is 2.17. The molecular formula is C30H35N7O3S2. The van der Waals surface area contributed by atoms with Crippen molar-refractivity contribution in [1.29, 1.82) is 0 Å². The number of nitrogens with two attached hydrogens (primary N) is 1. The Labute approximate surface area is 253 Å². The van der Waals surface area contributed by atoms with Crippen molar-refractivity contribution in [3.05, 3.63) is 59.5 Å². The monoisotopic (exact) mass is 605 g/mol. The van der Waals surface area contributed by atoms with E-state index in [2.05, 4.69) is 25.8 Å². The molecule has 2 aromatic carbocycles.